The van der Waals surface area contributed by atoms with Gasteiger partial charge in [-0.05, 0) is 25.5 Å². The number of quaternary nitrogens is 1. The predicted octanol–water partition coefficient (Wildman–Crippen LogP) is 2.61. The van der Waals surface area contributed by atoms with Gasteiger partial charge in [0.2, 0.25) is 0 Å². The third kappa shape index (κ3) is 2.61. The summed E-state index contributed by atoms with van der Waals surface area (Å²) in [5.74, 6) is 0.0131. The number of thiophene rings is 1. The second kappa shape index (κ2) is 6.06. The lowest BCUT2D eigenvalue weighted by atomic mass is 9.99. The number of halogens is 1. The van der Waals surface area contributed by atoms with Gasteiger partial charge in [-0.3, -0.25) is 4.79 Å². The molecule has 0 fully saturated rings. The second-order valence-corrected chi connectivity index (χ2v) is 8.28. The molecular weight excluding hydrogens is 342 g/mol. The molecule has 6 heteroatoms. The fraction of sp³-hybridized carbons (Fsp3) is 0.389. The summed E-state index contributed by atoms with van der Waals surface area (Å²) in [7, 11) is 0. The van der Waals surface area contributed by atoms with Gasteiger partial charge < -0.3 is 15.5 Å². The van der Waals surface area contributed by atoms with Crippen LogP contribution in [0.25, 0.3) is 0 Å². The van der Waals surface area contributed by atoms with E-state index in [2.05, 4.69) is 24.5 Å². The zero-order chi connectivity index (χ0) is 16.8. The van der Waals surface area contributed by atoms with Crippen LogP contribution in [0.1, 0.15) is 46.4 Å². The number of rotatable bonds is 2. The van der Waals surface area contributed by atoms with Crippen molar-refractivity contribution in [3.05, 3.63) is 50.9 Å². The van der Waals surface area contributed by atoms with E-state index >= 15 is 0 Å². The monoisotopic (exact) mass is 362 g/mol. The van der Waals surface area contributed by atoms with E-state index < -0.39 is 0 Å². The van der Waals surface area contributed by atoms with Crippen molar-refractivity contribution in [2.75, 3.05) is 11.9 Å². The predicted molar refractivity (Wildman–Crippen MR) is 98.0 cm³/mol. The molecule has 126 valence electrons. The molecule has 4 rings (SSSR count). The summed E-state index contributed by atoms with van der Waals surface area (Å²) in [6, 6.07) is 8.24. The molecule has 0 saturated carbocycles. The van der Waals surface area contributed by atoms with Crippen LogP contribution in [0.15, 0.2) is 24.3 Å². The average molecular weight is 363 g/mol. The van der Waals surface area contributed by atoms with E-state index in [9.17, 15) is 4.79 Å². The first-order valence-electron chi connectivity index (χ1n) is 8.35. The van der Waals surface area contributed by atoms with Crippen LogP contribution in [0, 0.1) is 0 Å². The smallest absolute Gasteiger partial charge is 0.256 e. The van der Waals surface area contributed by atoms with Crippen LogP contribution >= 0.6 is 22.9 Å². The summed E-state index contributed by atoms with van der Waals surface area (Å²) in [4.78, 5) is 15.7. The minimum Gasteiger partial charge on any atom is -0.353 e. The molecule has 0 bridgehead atoms. The number of carbonyl (C=O) groups excluding carboxylic acids is 1. The number of benzene rings is 1. The van der Waals surface area contributed by atoms with E-state index in [0.717, 1.165) is 35.6 Å². The van der Waals surface area contributed by atoms with E-state index in [-0.39, 0.29) is 12.1 Å². The first-order chi connectivity index (χ1) is 11.5. The highest BCUT2D eigenvalue weighted by Crippen LogP contribution is 2.39. The van der Waals surface area contributed by atoms with E-state index in [1.54, 1.807) is 16.2 Å². The van der Waals surface area contributed by atoms with Gasteiger partial charge in [-0.1, -0.05) is 29.8 Å². The molecule has 3 heterocycles. The Morgan fingerprint density at radius 3 is 2.83 bits per heavy atom. The van der Waals surface area contributed by atoms with Crippen LogP contribution in [-0.4, -0.2) is 18.5 Å². The van der Waals surface area contributed by atoms with Gasteiger partial charge in [-0.2, -0.15) is 0 Å². The van der Waals surface area contributed by atoms with Gasteiger partial charge in [0, 0.05) is 17.0 Å². The van der Waals surface area contributed by atoms with Crippen molar-refractivity contribution in [1.82, 2.24) is 5.32 Å². The van der Waals surface area contributed by atoms with Crippen molar-refractivity contribution in [3.8, 4) is 0 Å². The van der Waals surface area contributed by atoms with Crippen LogP contribution in [-0.2, 0) is 13.0 Å². The Balaban J connectivity index is 1.68. The maximum Gasteiger partial charge on any atom is 0.256 e. The minimum atomic E-state index is -0.271. The number of hydrogen-bond donors (Lipinski definition) is 3. The maximum absolute atomic E-state index is 12.7. The standard InChI is InChI=1S/C18H20ClN3OS/c1-10(2)22-8-7-12-14(9-22)24-18-15(12)17(23)20-16(21-18)11-5-3-4-6-13(11)19/h3-6,10,16,21H,7-9H2,1-2H3,(H,20,23)/p+1/t16-/m0/s1. The average Bonchev–Trinajstić information content (AvgIpc) is 2.92. The number of carbonyl (C=O) groups is 1. The highest BCUT2D eigenvalue weighted by Gasteiger charge is 2.35. The van der Waals surface area contributed by atoms with Gasteiger partial charge in [-0.25, -0.2) is 0 Å². The van der Waals surface area contributed by atoms with Crippen LogP contribution in [0.5, 0.6) is 0 Å². The highest BCUT2D eigenvalue weighted by atomic mass is 35.5. The summed E-state index contributed by atoms with van der Waals surface area (Å²) in [5.41, 5.74) is 2.99. The summed E-state index contributed by atoms with van der Waals surface area (Å²) in [5, 5.41) is 8.19. The van der Waals surface area contributed by atoms with Gasteiger partial charge in [0.15, 0.2) is 0 Å². The second-order valence-electron chi connectivity index (χ2n) is 6.77. The largest absolute Gasteiger partial charge is 0.353 e. The van der Waals surface area contributed by atoms with Gasteiger partial charge in [0.25, 0.3) is 5.91 Å². The number of fused-ring (bicyclic) bond motifs is 3. The molecule has 2 aliphatic rings. The lowest BCUT2D eigenvalue weighted by Gasteiger charge is -2.29. The molecule has 4 nitrogen and oxygen atoms in total. The first kappa shape index (κ1) is 15.9. The zero-order valence-corrected chi connectivity index (χ0v) is 15.4. The molecule has 0 spiro atoms. The van der Waals surface area contributed by atoms with Crippen molar-refractivity contribution in [2.24, 2.45) is 0 Å². The molecule has 24 heavy (non-hydrogen) atoms. The molecule has 0 radical (unpaired) electrons. The van der Waals surface area contributed by atoms with Gasteiger partial charge >= 0.3 is 0 Å². The number of nitrogens with one attached hydrogen (secondary N) is 3. The Morgan fingerprint density at radius 2 is 2.08 bits per heavy atom. The topological polar surface area (TPSA) is 45.6 Å². The first-order valence-corrected chi connectivity index (χ1v) is 9.55. The summed E-state index contributed by atoms with van der Waals surface area (Å²) >= 11 is 8.03. The fourth-order valence-corrected chi connectivity index (χ4v) is 5.14. The normalized spacial score (nSPS) is 22.6. The Morgan fingerprint density at radius 1 is 1.29 bits per heavy atom. The minimum absolute atomic E-state index is 0.0131. The van der Waals surface area contributed by atoms with Crippen molar-refractivity contribution in [2.45, 2.75) is 39.0 Å². The van der Waals surface area contributed by atoms with Crippen LogP contribution in [0.4, 0.5) is 5.00 Å². The molecule has 1 aromatic carbocycles. The lowest BCUT2D eigenvalue weighted by Crippen LogP contribution is -3.14. The Kier molecular flexibility index (Phi) is 4.03. The van der Waals surface area contributed by atoms with Crippen LogP contribution in [0.2, 0.25) is 5.02 Å². The van der Waals surface area contributed by atoms with Gasteiger partial charge in [-0.15, -0.1) is 11.3 Å². The Hall–Kier alpha value is -1.56. The zero-order valence-electron chi connectivity index (χ0n) is 13.8. The van der Waals surface area contributed by atoms with E-state index in [1.165, 1.54) is 10.4 Å². The molecule has 2 atom stereocenters. The van der Waals surface area contributed by atoms with Crippen molar-refractivity contribution in [3.63, 3.8) is 0 Å². The van der Waals surface area contributed by atoms with E-state index in [4.69, 9.17) is 11.6 Å². The lowest BCUT2D eigenvalue weighted by molar-refractivity contribution is -0.936. The summed E-state index contributed by atoms with van der Waals surface area (Å²) in [6.45, 7) is 6.61. The van der Waals surface area contributed by atoms with E-state index in [1.807, 2.05) is 24.3 Å². The molecular formula is C18H21ClN3OS+. The maximum atomic E-state index is 12.7. The fourth-order valence-electron chi connectivity index (χ4n) is 3.57. The van der Waals surface area contributed by atoms with Crippen molar-refractivity contribution < 1.29 is 9.69 Å². The molecule has 2 aliphatic heterocycles. The van der Waals surface area contributed by atoms with Gasteiger partial charge in [0.1, 0.15) is 17.7 Å². The van der Waals surface area contributed by atoms with Crippen molar-refractivity contribution in [1.29, 1.82) is 0 Å². The number of hydrogen-bond acceptors (Lipinski definition) is 3. The summed E-state index contributed by atoms with van der Waals surface area (Å²) in [6.07, 6.45) is 0.702. The molecule has 1 unspecified atom stereocenters. The SMILES string of the molecule is CC(C)[NH+]1CCc2c(sc3c2C(=O)N[C@H](c2ccccc2Cl)N3)C1. The highest BCUT2D eigenvalue weighted by molar-refractivity contribution is 7.16. The molecule has 0 aliphatic carbocycles. The van der Waals surface area contributed by atoms with Crippen LogP contribution in [0.3, 0.4) is 0 Å². The van der Waals surface area contributed by atoms with Crippen LogP contribution < -0.4 is 15.5 Å². The number of amides is 1. The third-order valence-corrected chi connectivity index (χ3v) is 6.49. The third-order valence-electron chi connectivity index (χ3n) is 4.99. The molecule has 0 saturated heterocycles. The van der Waals surface area contributed by atoms with Gasteiger partial charge in [0.05, 0.1) is 23.0 Å². The summed E-state index contributed by atoms with van der Waals surface area (Å²) < 4.78 is 0. The molecule has 3 N–H and O–H groups in total. The molecule has 2 aromatic rings. The number of anilines is 1. The van der Waals surface area contributed by atoms with E-state index in [0.29, 0.717) is 11.1 Å². The Labute approximate surface area is 150 Å². The molecule has 1 aromatic heterocycles. The molecule has 1 amide bonds. The van der Waals surface area contributed by atoms with Crippen molar-refractivity contribution >= 4 is 33.8 Å². The Bertz CT molecular complexity index is 802. The quantitative estimate of drug-likeness (QED) is 0.769.